The number of unbranched alkanes of at least 4 members (excludes halogenated alkanes) is 2. The summed E-state index contributed by atoms with van der Waals surface area (Å²) in [6, 6.07) is -2.71. The largest absolute Gasteiger partial charge is 0.480 e. The zero-order valence-corrected chi connectivity index (χ0v) is 49.9. The summed E-state index contributed by atoms with van der Waals surface area (Å²) in [6.07, 6.45) is 6.35. The molecule has 0 unspecified atom stereocenters. The van der Waals surface area contributed by atoms with Gasteiger partial charge in [-0.3, -0.25) is 48.1 Å². The van der Waals surface area contributed by atoms with E-state index in [-0.39, 0.29) is 70.0 Å². The molecule has 8 atom stereocenters. The highest BCUT2D eigenvalue weighted by molar-refractivity contribution is 9.10. The maximum Gasteiger partial charge on any atom is 0.326 e. The Morgan fingerprint density at radius 1 is 0.771 bits per heavy atom. The second kappa shape index (κ2) is 35.7. The molecule has 0 saturated carbocycles. The molecule has 1 aliphatic heterocycles. The molecule has 0 aliphatic carbocycles. The molecule has 2 aromatic rings. The quantitative estimate of drug-likeness (QED) is 0.0197. The Hall–Kier alpha value is -7.24. The number of likely N-dealkylation sites (tertiary alicyclic amines) is 1. The number of nitrogens with one attached hydrogen (secondary N) is 10. The van der Waals surface area contributed by atoms with Crippen molar-refractivity contribution in [1.29, 1.82) is 0 Å². The van der Waals surface area contributed by atoms with E-state index in [9.17, 15) is 58.2 Å². The van der Waals surface area contributed by atoms with Gasteiger partial charge in [-0.15, -0.1) is 0 Å². The average molecular weight is 1230 g/mol. The first-order valence-electron chi connectivity index (χ1n) is 28.0. The minimum Gasteiger partial charge on any atom is -0.480 e. The maximum absolute atomic E-state index is 14.2. The molecule has 1 fully saturated rings. The number of carboxylic acid groups (broad SMARTS) is 1. The second-order valence-corrected chi connectivity index (χ2v) is 22.3. The second-order valence-electron chi connectivity index (χ2n) is 21.4. The van der Waals surface area contributed by atoms with Crippen molar-refractivity contribution in [1.82, 2.24) is 62.7 Å². The Kier molecular flexibility index (Phi) is 30.1. The number of rotatable bonds is 37. The molecule has 2 heterocycles. The summed E-state index contributed by atoms with van der Waals surface area (Å²) in [4.78, 5) is 148. The molecule has 0 bridgehead atoms. The zero-order valence-electron chi connectivity index (χ0n) is 48.3. The number of carbonyl (C=O) groups excluding carboxylic acids is 9. The van der Waals surface area contributed by atoms with Gasteiger partial charge in [-0.05, 0) is 109 Å². The first kappa shape index (κ1) is 70.0. The number of hydrogen-bond donors (Lipinski definition) is 15. The molecule has 9 amide bonds. The number of carboxylic acids is 1. The number of hydrogen-bond acceptors (Lipinski definition) is 15. The third kappa shape index (κ3) is 24.2. The Bertz CT molecular complexity index is 2500. The highest BCUT2D eigenvalue weighted by atomic mass is 79.9. The van der Waals surface area contributed by atoms with Crippen molar-refractivity contribution in [2.75, 3.05) is 39.8 Å². The van der Waals surface area contributed by atoms with Gasteiger partial charge >= 0.3 is 5.97 Å². The van der Waals surface area contributed by atoms with E-state index >= 15 is 0 Å². The number of aromatic nitrogens is 2. The van der Waals surface area contributed by atoms with Crippen LogP contribution in [-0.4, -0.2) is 184 Å². The summed E-state index contributed by atoms with van der Waals surface area (Å²) in [7, 11) is 1.58. The molecular formula is C54H87BrN16O12. The summed E-state index contributed by atoms with van der Waals surface area (Å²) in [5.74, 6) is -8.07. The fraction of sp³-hybridized carbons (Fsp3) is 0.630. The van der Waals surface area contributed by atoms with E-state index in [0.29, 0.717) is 56.2 Å². The number of aromatic amines is 1. The van der Waals surface area contributed by atoms with Gasteiger partial charge in [-0.1, -0.05) is 61.7 Å². The summed E-state index contributed by atoms with van der Waals surface area (Å²) in [6.45, 7) is 7.56. The van der Waals surface area contributed by atoms with Crippen molar-refractivity contribution in [3.8, 4) is 0 Å². The fourth-order valence-electron chi connectivity index (χ4n) is 9.00. The monoisotopic (exact) mass is 1230 g/mol. The summed E-state index contributed by atoms with van der Waals surface area (Å²) < 4.78 is 0.792. The number of carbonyl (C=O) groups is 10. The molecule has 1 aromatic carbocycles. The van der Waals surface area contributed by atoms with Crippen LogP contribution in [0.5, 0.6) is 0 Å². The van der Waals surface area contributed by atoms with Gasteiger partial charge in [0.1, 0.15) is 47.8 Å². The van der Waals surface area contributed by atoms with E-state index in [1.54, 1.807) is 31.3 Å². The standard InChI is InChI=1S/C54H87BrN16O12/c1-7-8-13-37(49(79)70-54(4,5)52(83)69-40(51(81)82)25-32-17-19-33(55)20-18-32)65-50(80)42-16-12-23-71(42)43(73)28-62-44(74)36(14-9-10-21-56)64-47(77)39(26-34-27-60-30-63-34)67-48(78)41(29-72)68-46(76)38(24-31(2)3)66-45(75)35(59-6)15-11-22-61-53(57)58/h17-20,27,30-31,35-42,59,72H,7-16,21-26,28-29,56H2,1-6H3,(H,60,63)(H,62,74)(H,64,77)(H,65,80)(H,66,75)(H,67,78)(H,68,76)(H,69,83)(H,70,79)(H,81,82)(H4,57,58,61)/t35-,36-,37-,38-,39-,40-,41-,42-/m0/s1. The number of aliphatic imine (C=N–C) groups is 1. The van der Waals surface area contributed by atoms with Crippen LogP contribution in [0.3, 0.4) is 0 Å². The minimum absolute atomic E-state index is 0.0246. The van der Waals surface area contributed by atoms with Crippen LogP contribution in [0.15, 0.2) is 46.3 Å². The van der Waals surface area contributed by atoms with Crippen LogP contribution in [0, 0.1) is 5.92 Å². The predicted octanol–water partition coefficient (Wildman–Crippen LogP) is -2.05. The van der Waals surface area contributed by atoms with E-state index in [2.05, 4.69) is 78.7 Å². The van der Waals surface area contributed by atoms with Crippen LogP contribution in [0.25, 0.3) is 0 Å². The smallest absolute Gasteiger partial charge is 0.326 e. The van der Waals surface area contributed by atoms with Gasteiger partial charge in [0.15, 0.2) is 5.96 Å². The first-order valence-corrected chi connectivity index (χ1v) is 28.8. The van der Waals surface area contributed by atoms with E-state index < -0.39 is 126 Å². The number of likely N-dealkylation sites (N-methyl/N-ethyl adjacent to an activating group) is 1. The number of halogens is 1. The summed E-state index contributed by atoms with van der Waals surface area (Å²) in [5.41, 5.74) is 16.0. The van der Waals surface area contributed by atoms with Crippen LogP contribution in [-0.2, 0) is 60.8 Å². The number of imidazole rings is 1. The van der Waals surface area contributed by atoms with Crippen LogP contribution < -0.4 is 65.1 Å². The molecule has 0 radical (unpaired) electrons. The molecule has 0 spiro atoms. The normalized spacial score (nSPS) is 15.7. The minimum atomic E-state index is -1.62. The van der Waals surface area contributed by atoms with Gasteiger partial charge in [0.05, 0.1) is 25.5 Å². The van der Waals surface area contributed by atoms with Gasteiger partial charge in [0.2, 0.25) is 53.2 Å². The lowest BCUT2D eigenvalue weighted by Crippen LogP contribution is -2.62. The molecule has 1 aliphatic rings. The highest BCUT2D eigenvalue weighted by Gasteiger charge is 2.39. The van der Waals surface area contributed by atoms with Crippen molar-refractivity contribution < 1.29 is 58.2 Å². The topological polar surface area (TPSA) is 442 Å². The van der Waals surface area contributed by atoms with Gasteiger partial charge in [0, 0.05) is 42.3 Å². The number of H-pyrrole nitrogens is 1. The number of benzene rings is 1. The summed E-state index contributed by atoms with van der Waals surface area (Å²) in [5, 5.41) is 44.1. The van der Waals surface area contributed by atoms with E-state index in [0.717, 1.165) is 4.47 Å². The molecule has 462 valence electrons. The number of nitrogens with two attached hydrogens (primary N) is 3. The Labute approximate surface area is 492 Å². The van der Waals surface area contributed by atoms with Crippen molar-refractivity contribution in [3.05, 3.63) is 52.5 Å². The number of amides is 9. The molecule has 83 heavy (non-hydrogen) atoms. The van der Waals surface area contributed by atoms with Gasteiger partial charge in [-0.25, -0.2) is 9.78 Å². The average Bonchev–Trinajstić information content (AvgIpc) is 4.20. The molecule has 28 nitrogen and oxygen atoms in total. The predicted molar refractivity (Wildman–Crippen MR) is 311 cm³/mol. The van der Waals surface area contributed by atoms with Crippen LogP contribution in [0.1, 0.15) is 117 Å². The van der Waals surface area contributed by atoms with Crippen LogP contribution in [0.4, 0.5) is 0 Å². The van der Waals surface area contributed by atoms with Crippen molar-refractivity contribution in [2.45, 2.75) is 172 Å². The van der Waals surface area contributed by atoms with Crippen molar-refractivity contribution >= 4 is 81.0 Å². The summed E-state index contributed by atoms with van der Waals surface area (Å²) >= 11 is 3.34. The third-order valence-corrected chi connectivity index (χ3v) is 14.2. The van der Waals surface area contributed by atoms with Crippen LogP contribution in [0.2, 0.25) is 0 Å². The Balaban J connectivity index is 1.72. The lowest BCUT2D eigenvalue weighted by Gasteiger charge is -2.30. The fourth-order valence-corrected chi connectivity index (χ4v) is 9.26. The van der Waals surface area contributed by atoms with Crippen LogP contribution >= 0.6 is 15.9 Å². The third-order valence-electron chi connectivity index (χ3n) is 13.7. The molecular weight excluding hydrogens is 1140 g/mol. The number of aliphatic carboxylic acids is 1. The van der Waals surface area contributed by atoms with Gasteiger partial charge in [-0.2, -0.15) is 0 Å². The number of aliphatic hydroxyl groups excluding tert-OH is 1. The van der Waals surface area contributed by atoms with E-state index in [1.807, 2.05) is 20.8 Å². The van der Waals surface area contributed by atoms with Crippen molar-refractivity contribution in [3.63, 3.8) is 0 Å². The SMILES string of the molecule is CCCC[C@H](NC(=O)[C@@H]1CCCN1C(=O)CNC(=O)[C@H](CCCCN)NC(=O)[C@H](Cc1cnc[nH]1)NC(=O)[C@H](CO)NC(=O)[C@H](CC(C)C)NC(=O)[C@H](CCCN=C(N)N)NC)C(=O)NC(C)(C)C(=O)N[C@@H](Cc1ccc(Br)cc1)C(=O)O. The molecule has 1 saturated heterocycles. The molecule has 29 heteroatoms. The Morgan fingerprint density at radius 3 is 1.98 bits per heavy atom. The zero-order chi connectivity index (χ0) is 61.8. The van der Waals surface area contributed by atoms with Gasteiger partial charge < -0.3 is 85.1 Å². The number of aliphatic hydroxyl groups is 1. The lowest BCUT2D eigenvalue weighted by atomic mass is 10.00. The maximum atomic E-state index is 14.2. The lowest BCUT2D eigenvalue weighted by molar-refractivity contribution is -0.143. The van der Waals surface area contributed by atoms with Crippen molar-refractivity contribution in [2.24, 2.45) is 28.1 Å². The first-order chi connectivity index (χ1) is 39.3. The van der Waals surface area contributed by atoms with Gasteiger partial charge in [0.25, 0.3) is 0 Å². The number of nitrogens with zero attached hydrogens (tertiary/aromatic N) is 3. The highest BCUT2D eigenvalue weighted by Crippen LogP contribution is 2.19. The van der Waals surface area contributed by atoms with E-state index in [4.69, 9.17) is 17.2 Å². The Morgan fingerprint density at radius 2 is 1.37 bits per heavy atom. The molecule has 1 aromatic heterocycles. The number of guanidine groups is 1. The molecule has 18 N–H and O–H groups in total. The molecule has 3 rings (SSSR count). The van der Waals surface area contributed by atoms with E-state index in [1.165, 1.54) is 31.3 Å².